The number of carbonyl (C=O) groups is 1. The second-order valence-corrected chi connectivity index (χ2v) is 5.09. The molecule has 2 rings (SSSR count). The van der Waals surface area contributed by atoms with E-state index in [1.165, 1.54) is 25.7 Å². The Morgan fingerprint density at radius 1 is 1.38 bits per heavy atom. The lowest BCUT2D eigenvalue weighted by Gasteiger charge is -2.09. The van der Waals surface area contributed by atoms with E-state index in [9.17, 15) is 4.79 Å². The Labute approximate surface area is 97.7 Å². The Hall–Kier alpha value is -0.860. The molecule has 0 aromatic rings. The Morgan fingerprint density at radius 3 is 2.81 bits per heavy atom. The molecule has 1 aliphatic heterocycles. The van der Waals surface area contributed by atoms with Crippen LogP contribution in [0.2, 0.25) is 0 Å². The summed E-state index contributed by atoms with van der Waals surface area (Å²) >= 11 is 0. The van der Waals surface area contributed by atoms with Crippen molar-refractivity contribution in [3.63, 3.8) is 0 Å². The van der Waals surface area contributed by atoms with Gasteiger partial charge < -0.3 is 5.32 Å². The van der Waals surface area contributed by atoms with Crippen molar-refractivity contribution in [3.05, 3.63) is 0 Å². The molecule has 1 heterocycles. The number of rotatable bonds is 4. The molecule has 0 aromatic carbocycles. The molecule has 16 heavy (non-hydrogen) atoms. The Balaban J connectivity index is 1.96. The van der Waals surface area contributed by atoms with Gasteiger partial charge in [0.1, 0.15) is 11.9 Å². The fraction of sp³-hybridized carbons (Fsp3) is 0.846. The highest BCUT2D eigenvalue weighted by Gasteiger charge is 2.33. The van der Waals surface area contributed by atoms with Crippen molar-refractivity contribution >= 4 is 11.7 Å². The normalized spacial score (nSPS) is 34.0. The van der Waals surface area contributed by atoms with E-state index in [1.54, 1.807) is 0 Å². The van der Waals surface area contributed by atoms with Crippen molar-refractivity contribution in [1.82, 2.24) is 5.32 Å². The largest absolute Gasteiger partial charge is 0.312 e. The van der Waals surface area contributed by atoms with Gasteiger partial charge in [-0.3, -0.25) is 9.79 Å². The van der Waals surface area contributed by atoms with Crippen molar-refractivity contribution < 1.29 is 4.79 Å². The van der Waals surface area contributed by atoms with E-state index in [0.29, 0.717) is 5.92 Å². The van der Waals surface area contributed by atoms with Gasteiger partial charge in [-0.15, -0.1) is 0 Å². The third kappa shape index (κ3) is 2.28. The first-order valence-corrected chi connectivity index (χ1v) is 6.63. The SMILES string of the molecule is CCCC1N=C(C2CCC(CC)C2)NC1=O. The maximum absolute atomic E-state index is 11.7. The van der Waals surface area contributed by atoms with Crippen LogP contribution in [0.1, 0.15) is 52.4 Å². The minimum atomic E-state index is -0.0966. The first-order chi connectivity index (χ1) is 7.74. The van der Waals surface area contributed by atoms with Crippen LogP contribution in [0.25, 0.3) is 0 Å². The molecule has 1 N–H and O–H groups in total. The van der Waals surface area contributed by atoms with Crippen LogP contribution in [-0.2, 0) is 4.79 Å². The average molecular weight is 222 g/mol. The summed E-state index contributed by atoms with van der Waals surface area (Å²) in [7, 11) is 0. The van der Waals surface area contributed by atoms with Crippen LogP contribution in [0.3, 0.4) is 0 Å². The van der Waals surface area contributed by atoms with Gasteiger partial charge in [-0.05, 0) is 31.6 Å². The number of nitrogens with zero attached hydrogens (tertiary/aromatic N) is 1. The highest BCUT2D eigenvalue weighted by atomic mass is 16.2. The topological polar surface area (TPSA) is 41.5 Å². The highest BCUT2D eigenvalue weighted by Crippen LogP contribution is 2.34. The number of hydrogen-bond acceptors (Lipinski definition) is 2. The van der Waals surface area contributed by atoms with Crippen molar-refractivity contribution in [3.8, 4) is 0 Å². The summed E-state index contributed by atoms with van der Waals surface area (Å²) < 4.78 is 0. The number of hydrogen-bond donors (Lipinski definition) is 1. The molecule has 1 saturated carbocycles. The predicted molar refractivity (Wildman–Crippen MR) is 65.4 cm³/mol. The van der Waals surface area contributed by atoms with Crippen LogP contribution < -0.4 is 5.32 Å². The maximum Gasteiger partial charge on any atom is 0.250 e. The minimum Gasteiger partial charge on any atom is -0.312 e. The fourth-order valence-corrected chi connectivity index (χ4v) is 2.84. The van der Waals surface area contributed by atoms with Gasteiger partial charge in [0.15, 0.2) is 0 Å². The number of carbonyl (C=O) groups excluding carboxylic acids is 1. The summed E-state index contributed by atoms with van der Waals surface area (Å²) in [5, 5.41) is 2.99. The predicted octanol–water partition coefficient (Wildman–Crippen LogP) is 2.51. The standard InChI is InChI=1S/C13H22N2O/c1-3-5-11-13(16)15-12(14-11)10-7-6-9(4-2)8-10/h9-11H,3-8H2,1-2H3,(H,14,15,16). The molecule has 3 heteroatoms. The first kappa shape index (κ1) is 11.6. The average Bonchev–Trinajstić information content (AvgIpc) is 2.86. The van der Waals surface area contributed by atoms with Crippen molar-refractivity contribution in [2.45, 2.75) is 58.4 Å². The van der Waals surface area contributed by atoms with Crippen molar-refractivity contribution in [2.24, 2.45) is 16.8 Å². The van der Waals surface area contributed by atoms with Crippen LogP contribution in [0.4, 0.5) is 0 Å². The zero-order valence-corrected chi connectivity index (χ0v) is 10.3. The quantitative estimate of drug-likeness (QED) is 0.780. The molecule has 0 aromatic heterocycles. The zero-order chi connectivity index (χ0) is 11.5. The molecule has 3 atom stereocenters. The number of amides is 1. The molecule has 90 valence electrons. The lowest BCUT2D eigenvalue weighted by atomic mass is 10.0. The fourth-order valence-electron chi connectivity index (χ4n) is 2.84. The third-order valence-electron chi connectivity index (χ3n) is 3.92. The summed E-state index contributed by atoms with van der Waals surface area (Å²) in [6, 6.07) is -0.0966. The smallest absolute Gasteiger partial charge is 0.250 e. The van der Waals surface area contributed by atoms with Gasteiger partial charge in [-0.25, -0.2) is 0 Å². The minimum absolute atomic E-state index is 0.0966. The lowest BCUT2D eigenvalue weighted by molar-refractivity contribution is -0.120. The Morgan fingerprint density at radius 2 is 2.19 bits per heavy atom. The van der Waals surface area contributed by atoms with Crippen molar-refractivity contribution in [2.75, 3.05) is 0 Å². The first-order valence-electron chi connectivity index (χ1n) is 6.63. The monoisotopic (exact) mass is 222 g/mol. The lowest BCUT2D eigenvalue weighted by Crippen LogP contribution is -2.32. The van der Waals surface area contributed by atoms with Gasteiger partial charge in [-0.2, -0.15) is 0 Å². The molecule has 3 nitrogen and oxygen atoms in total. The third-order valence-corrected chi connectivity index (χ3v) is 3.92. The van der Waals surface area contributed by atoms with E-state index in [2.05, 4.69) is 24.2 Å². The summed E-state index contributed by atoms with van der Waals surface area (Å²) in [4.78, 5) is 16.2. The van der Waals surface area contributed by atoms with Gasteiger partial charge in [0.25, 0.3) is 0 Å². The van der Waals surface area contributed by atoms with E-state index in [-0.39, 0.29) is 11.9 Å². The molecule has 0 radical (unpaired) electrons. The van der Waals surface area contributed by atoms with E-state index in [1.807, 2.05) is 0 Å². The molecule has 1 amide bonds. The molecule has 1 aliphatic carbocycles. The van der Waals surface area contributed by atoms with Crippen LogP contribution in [-0.4, -0.2) is 17.8 Å². The van der Waals surface area contributed by atoms with Gasteiger partial charge >= 0.3 is 0 Å². The molecule has 0 spiro atoms. The zero-order valence-electron chi connectivity index (χ0n) is 10.3. The van der Waals surface area contributed by atoms with Crippen LogP contribution in [0.5, 0.6) is 0 Å². The molecule has 1 fully saturated rings. The molecule has 3 unspecified atom stereocenters. The van der Waals surface area contributed by atoms with Crippen LogP contribution >= 0.6 is 0 Å². The van der Waals surface area contributed by atoms with Crippen LogP contribution in [0, 0.1) is 11.8 Å². The summed E-state index contributed by atoms with van der Waals surface area (Å²) in [5.74, 6) is 2.47. The molecule has 2 aliphatic rings. The van der Waals surface area contributed by atoms with Gasteiger partial charge in [0.05, 0.1) is 0 Å². The molecule has 0 bridgehead atoms. The Kier molecular flexibility index (Phi) is 3.62. The molecular formula is C13H22N2O. The van der Waals surface area contributed by atoms with Gasteiger partial charge in [0.2, 0.25) is 5.91 Å². The summed E-state index contributed by atoms with van der Waals surface area (Å²) in [5.41, 5.74) is 0. The van der Waals surface area contributed by atoms with Gasteiger partial charge in [-0.1, -0.05) is 26.7 Å². The van der Waals surface area contributed by atoms with E-state index in [0.717, 1.165) is 24.6 Å². The number of amidine groups is 1. The second kappa shape index (κ2) is 4.98. The number of aliphatic imine (C=N–C) groups is 1. The van der Waals surface area contributed by atoms with E-state index >= 15 is 0 Å². The van der Waals surface area contributed by atoms with Crippen LogP contribution in [0.15, 0.2) is 4.99 Å². The molecular weight excluding hydrogens is 200 g/mol. The van der Waals surface area contributed by atoms with Crippen molar-refractivity contribution in [1.29, 1.82) is 0 Å². The molecule has 0 saturated heterocycles. The highest BCUT2D eigenvalue weighted by molar-refractivity contribution is 6.06. The maximum atomic E-state index is 11.7. The summed E-state index contributed by atoms with van der Waals surface area (Å²) in [6.07, 6.45) is 6.89. The summed E-state index contributed by atoms with van der Waals surface area (Å²) in [6.45, 7) is 4.35. The van der Waals surface area contributed by atoms with E-state index < -0.39 is 0 Å². The second-order valence-electron chi connectivity index (χ2n) is 5.09. The Bertz CT molecular complexity index is 298. The number of nitrogens with one attached hydrogen (secondary N) is 1. The van der Waals surface area contributed by atoms with E-state index in [4.69, 9.17) is 0 Å². The van der Waals surface area contributed by atoms with Gasteiger partial charge in [0, 0.05) is 5.92 Å².